The van der Waals surface area contributed by atoms with Gasteiger partial charge in [0.25, 0.3) is 0 Å². The van der Waals surface area contributed by atoms with E-state index in [1.807, 2.05) is 33.2 Å². The minimum atomic E-state index is 0.0789. The Bertz CT molecular complexity index is 693. The van der Waals surface area contributed by atoms with Gasteiger partial charge in [0.15, 0.2) is 0 Å². The molecule has 2 aromatic heterocycles. The first-order chi connectivity index (χ1) is 12.0. The summed E-state index contributed by atoms with van der Waals surface area (Å²) >= 11 is 0. The van der Waals surface area contributed by atoms with Gasteiger partial charge in [0.2, 0.25) is 5.91 Å². The van der Waals surface area contributed by atoms with E-state index in [1.165, 1.54) is 18.4 Å². The number of carbonyl (C=O) groups is 1. The summed E-state index contributed by atoms with van der Waals surface area (Å²) in [5.74, 6) is 0.546. The van der Waals surface area contributed by atoms with Crippen LogP contribution in [0.3, 0.4) is 0 Å². The second-order valence-electron chi connectivity index (χ2n) is 6.96. The zero-order chi connectivity index (χ0) is 17.8. The molecular formula is C18H28N6O. The maximum Gasteiger partial charge on any atom is 0.244 e. The van der Waals surface area contributed by atoms with Crippen LogP contribution in [-0.4, -0.2) is 57.5 Å². The fourth-order valence-electron chi connectivity index (χ4n) is 3.39. The van der Waals surface area contributed by atoms with Gasteiger partial charge in [-0.05, 0) is 51.3 Å². The summed E-state index contributed by atoms with van der Waals surface area (Å²) in [6.45, 7) is 7.06. The Morgan fingerprint density at radius 2 is 2.28 bits per heavy atom. The SMILES string of the molecule is Cc1n[nH]c(C)c1CCN(C)C(=O)Cn1ccc(C2CCCNC2)n1. The van der Waals surface area contributed by atoms with Gasteiger partial charge in [-0.2, -0.15) is 10.2 Å². The number of hydrogen-bond donors (Lipinski definition) is 2. The summed E-state index contributed by atoms with van der Waals surface area (Å²) < 4.78 is 1.76. The van der Waals surface area contributed by atoms with Gasteiger partial charge < -0.3 is 10.2 Å². The lowest BCUT2D eigenvalue weighted by molar-refractivity contribution is -0.130. The van der Waals surface area contributed by atoms with Crippen molar-refractivity contribution in [3.05, 3.63) is 34.9 Å². The molecule has 1 unspecified atom stereocenters. The molecule has 1 aliphatic rings. The summed E-state index contributed by atoms with van der Waals surface area (Å²) in [6, 6.07) is 2.04. The fraction of sp³-hybridized carbons (Fsp3) is 0.611. The zero-order valence-electron chi connectivity index (χ0n) is 15.4. The van der Waals surface area contributed by atoms with Gasteiger partial charge >= 0.3 is 0 Å². The lowest BCUT2D eigenvalue weighted by Crippen LogP contribution is -2.32. The lowest BCUT2D eigenvalue weighted by atomic mass is 9.97. The number of nitrogens with one attached hydrogen (secondary N) is 2. The number of nitrogens with zero attached hydrogens (tertiary/aromatic N) is 4. The minimum absolute atomic E-state index is 0.0789. The van der Waals surface area contributed by atoms with Gasteiger partial charge in [-0.3, -0.25) is 14.6 Å². The van der Waals surface area contributed by atoms with Crippen molar-refractivity contribution < 1.29 is 4.79 Å². The van der Waals surface area contributed by atoms with Crippen molar-refractivity contribution in [3.63, 3.8) is 0 Å². The molecule has 1 aliphatic heterocycles. The molecule has 25 heavy (non-hydrogen) atoms. The second kappa shape index (κ2) is 7.82. The van der Waals surface area contributed by atoms with Crippen molar-refractivity contribution in [2.75, 3.05) is 26.7 Å². The van der Waals surface area contributed by atoms with Crippen LogP contribution >= 0.6 is 0 Å². The van der Waals surface area contributed by atoms with Crippen molar-refractivity contribution in [2.45, 2.75) is 45.6 Å². The van der Waals surface area contributed by atoms with Gasteiger partial charge in [0, 0.05) is 37.9 Å². The average Bonchev–Trinajstić information content (AvgIpc) is 3.21. The van der Waals surface area contributed by atoms with Crippen LogP contribution in [0.2, 0.25) is 0 Å². The van der Waals surface area contributed by atoms with Crippen molar-refractivity contribution in [2.24, 2.45) is 0 Å². The van der Waals surface area contributed by atoms with Gasteiger partial charge in [-0.1, -0.05) is 0 Å². The van der Waals surface area contributed by atoms with Crippen LogP contribution in [0.25, 0.3) is 0 Å². The minimum Gasteiger partial charge on any atom is -0.344 e. The van der Waals surface area contributed by atoms with Gasteiger partial charge in [0.05, 0.1) is 11.4 Å². The van der Waals surface area contributed by atoms with E-state index in [-0.39, 0.29) is 5.91 Å². The van der Waals surface area contributed by atoms with Crippen LogP contribution in [0, 0.1) is 13.8 Å². The molecule has 1 saturated heterocycles. The zero-order valence-corrected chi connectivity index (χ0v) is 15.4. The van der Waals surface area contributed by atoms with Gasteiger partial charge in [-0.15, -0.1) is 0 Å². The highest BCUT2D eigenvalue weighted by molar-refractivity contribution is 5.75. The molecule has 0 radical (unpaired) electrons. The Balaban J connectivity index is 1.52. The van der Waals surface area contributed by atoms with E-state index < -0.39 is 0 Å². The van der Waals surface area contributed by atoms with Crippen LogP contribution in [0.5, 0.6) is 0 Å². The monoisotopic (exact) mass is 344 g/mol. The second-order valence-corrected chi connectivity index (χ2v) is 6.96. The Labute approximate surface area is 148 Å². The number of H-pyrrole nitrogens is 1. The van der Waals surface area contributed by atoms with Crippen LogP contribution < -0.4 is 5.32 Å². The molecule has 0 aromatic carbocycles. The topological polar surface area (TPSA) is 78.8 Å². The van der Waals surface area contributed by atoms with Gasteiger partial charge in [0.1, 0.15) is 6.54 Å². The summed E-state index contributed by atoms with van der Waals surface area (Å²) in [5.41, 5.74) is 4.38. The van der Waals surface area contributed by atoms with Crippen LogP contribution in [0.4, 0.5) is 0 Å². The third-order valence-electron chi connectivity index (χ3n) is 5.08. The molecule has 2 N–H and O–H groups in total. The van der Waals surface area contributed by atoms with E-state index in [4.69, 9.17) is 0 Å². The first-order valence-corrected chi connectivity index (χ1v) is 9.03. The molecular weight excluding hydrogens is 316 g/mol. The van der Waals surface area contributed by atoms with E-state index in [0.29, 0.717) is 19.0 Å². The molecule has 136 valence electrons. The molecule has 0 saturated carbocycles. The fourth-order valence-corrected chi connectivity index (χ4v) is 3.39. The molecule has 3 heterocycles. The molecule has 0 aliphatic carbocycles. The van der Waals surface area contributed by atoms with E-state index in [1.54, 1.807) is 9.58 Å². The molecule has 0 bridgehead atoms. The van der Waals surface area contributed by atoms with Crippen LogP contribution in [0.15, 0.2) is 12.3 Å². The maximum absolute atomic E-state index is 12.5. The predicted octanol–water partition coefficient (Wildman–Crippen LogP) is 1.39. The number of carbonyl (C=O) groups excluding carboxylic acids is 1. The maximum atomic E-state index is 12.5. The normalized spacial score (nSPS) is 17.6. The number of aromatic nitrogens is 4. The number of rotatable bonds is 6. The molecule has 1 atom stereocenters. The third kappa shape index (κ3) is 4.28. The summed E-state index contributed by atoms with van der Waals surface area (Å²) in [6.07, 6.45) is 5.09. The number of hydrogen-bond acceptors (Lipinski definition) is 4. The van der Waals surface area contributed by atoms with Crippen LogP contribution in [-0.2, 0) is 17.8 Å². The largest absolute Gasteiger partial charge is 0.344 e. The number of piperidine rings is 1. The molecule has 1 amide bonds. The standard InChI is InChI=1S/C18H28N6O/c1-13-16(14(2)21-20-13)6-9-23(3)18(25)12-24-10-7-17(22-24)15-5-4-8-19-11-15/h7,10,15,19H,4-6,8-9,11-12H2,1-3H3,(H,20,21). The summed E-state index contributed by atoms with van der Waals surface area (Å²) in [5, 5.41) is 15.2. The number of aromatic amines is 1. The molecule has 0 spiro atoms. The number of aryl methyl sites for hydroxylation is 2. The Hall–Kier alpha value is -2.15. The smallest absolute Gasteiger partial charge is 0.244 e. The number of amides is 1. The first-order valence-electron chi connectivity index (χ1n) is 9.03. The molecule has 7 heteroatoms. The lowest BCUT2D eigenvalue weighted by Gasteiger charge is -2.21. The average molecular weight is 344 g/mol. The quantitative estimate of drug-likeness (QED) is 0.830. The molecule has 1 fully saturated rings. The third-order valence-corrected chi connectivity index (χ3v) is 5.08. The van der Waals surface area contributed by atoms with E-state index >= 15 is 0 Å². The van der Waals surface area contributed by atoms with E-state index in [2.05, 4.69) is 20.6 Å². The highest BCUT2D eigenvalue weighted by atomic mass is 16.2. The van der Waals surface area contributed by atoms with E-state index in [9.17, 15) is 4.79 Å². The van der Waals surface area contributed by atoms with E-state index in [0.717, 1.165) is 36.6 Å². The summed E-state index contributed by atoms with van der Waals surface area (Å²) in [7, 11) is 1.85. The van der Waals surface area contributed by atoms with Crippen molar-refractivity contribution >= 4 is 5.91 Å². The van der Waals surface area contributed by atoms with Crippen molar-refractivity contribution in [1.29, 1.82) is 0 Å². The van der Waals surface area contributed by atoms with Crippen molar-refractivity contribution in [3.8, 4) is 0 Å². The highest BCUT2D eigenvalue weighted by Crippen LogP contribution is 2.21. The predicted molar refractivity (Wildman–Crippen MR) is 96.5 cm³/mol. The first kappa shape index (κ1) is 17.7. The van der Waals surface area contributed by atoms with Crippen molar-refractivity contribution in [1.82, 2.24) is 30.2 Å². The number of likely N-dealkylation sites (N-methyl/N-ethyl adjacent to an activating group) is 1. The van der Waals surface area contributed by atoms with Gasteiger partial charge in [-0.25, -0.2) is 0 Å². The molecule has 2 aromatic rings. The Morgan fingerprint density at radius 1 is 1.44 bits per heavy atom. The Morgan fingerprint density at radius 3 is 2.96 bits per heavy atom. The molecule has 3 rings (SSSR count). The van der Waals surface area contributed by atoms with Crippen LogP contribution in [0.1, 0.15) is 41.4 Å². The highest BCUT2D eigenvalue weighted by Gasteiger charge is 2.18. The summed E-state index contributed by atoms with van der Waals surface area (Å²) in [4.78, 5) is 14.2. The molecule has 7 nitrogen and oxygen atoms in total. The Kier molecular flexibility index (Phi) is 5.53.